The molecule has 29 heavy (non-hydrogen) atoms. The molecule has 2 N–H and O–H groups in total. The number of carbonyl (C=O) groups excluding carboxylic acids is 1. The minimum absolute atomic E-state index is 0.000949. The zero-order valence-electron chi connectivity index (χ0n) is 17.4. The molecule has 1 spiro atoms. The van der Waals surface area contributed by atoms with Crippen LogP contribution >= 0.6 is 0 Å². The number of fused-ring (bicyclic) bond motifs is 1. The number of carboxylic acids is 1. The van der Waals surface area contributed by atoms with Crippen LogP contribution < -0.4 is 5.32 Å². The normalized spacial score (nSPS) is 34.6. The molecule has 1 amide bonds. The van der Waals surface area contributed by atoms with Crippen molar-refractivity contribution in [1.29, 1.82) is 0 Å². The number of methoxy groups -OCH3 is 1. The summed E-state index contributed by atoms with van der Waals surface area (Å²) in [5, 5.41) is 12.7. The molecule has 6 nitrogen and oxygen atoms in total. The van der Waals surface area contributed by atoms with Gasteiger partial charge >= 0.3 is 5.97 Å². The average Bonchev–Trinajstić information content (AvgIpc) is 3.19. The molecule has 3 fully saturated rings. The maximum atomic E-state index is 12.6. The molecular weight excluding hydrogens is 370 g/mol. The van der Waals surface area contributed by atoms with E-state index in [1.165, 1.54) is 0 Å². The lowest BCUT2D eigenvalue weighted by atomic mass is 9.58. The highest BCUT2D eigenvalue weighted by Crippen LogP contribution is 2.70. The van der Waals surface area contributed by atoms with Crippen molar-refractivity contribution in [3.05, 3.63) is 35.4 Å². The van der Waals surface area contributed by atoms with Gasteiger partial charge in [0.05, 0.1) is 18.3 Å². The van der Waals surface area contributed by atoms with E-state index in [1.54, 1.807) is 25.3 Å². The molecule has 0 radical (unpaired) electrons. The number of benzene rings is 1. The standard InChI is InChI=1S/C23H31NO5/c1-22(2)16-12-17-19(14-5-4-6-15(11-14)20(26)27)29-10-8-23(17,13-16)21(22)24-18(25)7-9-28-3/h4-6,11,16-17,19,21H,7-10,12-13H2,1-3H3,(H,24,25)(H,26,27)/t16-,17-,19-,21+,23?/m1/s1. The van der Waals surface area contributed by atoms with Crippen molar-refractivity contribution in [3.8, 4) is 0 Å². The summed E-state index contributed by atoms with van der Waals surface area (Å²) in [5.74, 6) is -0.0747. The topological polar surface area (TPSA) is 84.9 Å². The summed E-state index contributed by atoms with van der Waals surface area (Å²) in [6, 6.07) is 7.23. The largest absolute Gasteiger partial charge is 0.478 e. The molecule has 5 atom stereocenters. The van der Waals surface area contributed by atoms with Crippen LogP contribution in [0.5, 0.6) is 0 Å². The van der Waals surface area contributed by atoms with Crippen molar-refractivity contribution in [1.82, 2.24) is 5.32 Å². The summed E-state index contributed by atoms with van der Waals surface area (Å²) < 4.78 is 11.3. The van der Waals surface area contributed by atoms with E-state index in [9.17, 15) is 14.7 Å². The van der Waals surface area contributed by atoms with Crippen LogP contribution in [0.4, 0.5) is 0 Å². The minimum atomic E-state index is -0.922. The molecule has 1 aromatic carbocycles. The summed E-state index contributed by atoms with van der Waals surface area (Å²) in [6.45, 7) is 5.61. The third-order valence-electron chi connectivity index (χ3n) is 7.81. The van der Waals surface area contributed by atoms with E-state index in [-0.39, 0.29) is 34.8 Å². The molecule has 2 aliphatic carbocycles. The first kappa shape index (κ1) is 20.4. The number of amides is 1. The van der Waals surface area contributed by atoms with Crippen LogP contribution in [-0.2, 0) is 14.3 Å². The van der Waals surface area contributed by atoms with Gasteiger partial charge in [-0.3, -0.25) is 4.79 Å². The fourth-order valence-electron chi connectivity index (χ4n) is 6.39. The molecule has 2 bridgehead atoms. The van der Waals surface area contributed by atoms with Crippen LogP contribution in [0.25, 0.3) is 0 Å². The van der Waals surface area contributed by atoms with Gasteiger partial charge in [0, 0.05) is 26.2 Å². The number of hydrogen-bond acceptors (Lipinski definition) is 4. The second-order valence-electron chi connectivity index (χ2n) is 9.51. The maximum absolute atomic E-state index is 12.6. The van der Waals surface area contributed by atoms with Gasteiger partial charge in [-0.1, -0.05) is 26.0 Å². The van der Waals surface area contributed by atoms with Crippen LogP contribution in [-0.4, -0.2) is 43.3 Å². The molecule has 1 heterocycles. The van der Waals surface area contributed by atoms with Crippen LogP contribution in [0.3, 0.4) is 0 Å². The Hall–Kier alpha value is -1.92. The van der Waals surface area contributed by atoms with Gasteiger partial charge in [0.1, 0.15) is 0 Å². The Balaban J connectivity index is 1.64. The summed E-state index contributed by atoms with van der Waals surface area (Å²) in [7, 11) is 1.61. The molecule has 0 aromatic heterocycles. The number of ether oxygens (including phenoxy) is 2. The van der Waals surface area contributed by atoms with Crippen molar-refractivity contribution in [2.24, 2.45) is 22.7 Å². The molecule has 1 unspecified atom stereocenters. The molecule has 3 aliphatic rings. The fourth-order valence-corrected chi connectivity index (χ4v) is 6.39. The summed E-state index contributed by atoms with van der Waals surface area (Å²) in [6.07, 6.45) is 3.33. The highest BCUT2D eigenvalue weighted by molar-refractivity contribution is 5.87. The first-order valence-corrected chi connectivity index (χ1v) is 10.5. The van der Waals surface area contributed by atoms with Gasteiger partial charge in [-0.2, -0.15) is 0 Å². The number of carboxylic acid groups (broad SMARTS) is 1. The van der Waals surface area contributed by atoms with E-state index in [0.29, 0.717) is 31.1 Å². The van der Waals surface area contributed by atoms with Gasteiger partial charge in [0.2, 0.25) is 5.91 Å². The Morgan fingerprint density at radius 1 is 1.34 bits per heavy atom. The molecule has 1 aromatic rings. The zero-order valence-corrected chi connectivity index (χ0v) is 17.4. The van der Waals surface area contributed by atoms with E-state index >= 15 is 0 Å². The predicted octanol–water partition coefficient (Wildman–Crippen LogP) is 3.42. The highest BCUT2D eigenvalue weighted by atomic mass is 16.5. The third kappa shape index (κ3) is 3.26. The lowest BCUT2D eigenvalue weighted by Gasteiger charge is -2.53. The fraction of sp³-hybridized carbons (Fsp3) is 0.652. The molecule has 6 heteroatoms. The summed E-state index contributed by atoms with van der Waals surface area (Å²) in [5.41, 5.74) is 1.26. The number of aromatic carboxylic acids is 1. The molecule has 2 saturated carbocycles. The van der Waals surface area contributed by atoms with E-state index in [0.717, 1.165) is 24.8 Å². The van der Waals surface area contributed by atoms with Crippen molar-refractivity contribution >= 4 is 11.9 Å². The Labute approximate surface area is 172 Å². The number of carbonyl (C=O) groups is 2. The van der Waals surface area contributed by atoms with E-state index < -0.39 is 5.97 Å². The smallest absolute Gasteiger partial charge is 0.335 e. The highest BCUT2D eigenvalue weighted by Gasteiger charge is 2.68. The van der Waals surface area contributed by atoms with Crippen LogP contribution in [0.1, 0.15) is 61.6 Å². The van der Waals surface area contributed by atoms with Crippen molar-refractivity contribution in [2.75, 3.05) is 20.3 Å². The predicted molar refractivity (Wildman–Crippen MR) is 108 cm³/mol. The van der Waals surface area contributed by atoms with E-state index in [2.05, 4.69) is 19.2 Å². The molecule has 1 saturated heterocycles. The van der Waals surface area contributed by atoms with Crippen LogP contribution in [0.2, 0.25) is 0 Å². The van der Waals surface area contributed by atoms with E-state index in [4.69, 9.17) is 9.47 Å². The van der Waals surface area contributed by atoms with Gasteiger partial charge in [0.15, 0.2) is 0 Å². The zero-order chi connectivity index (χ0) is 20.8. The Morgan fingerprint density at radius 3 is 2.86 bits per heavy atom. The lowest BCUT2D eigenvalue weighted by Crippen LogP contribution is -2.59. The van der Waals surface area contributed by atoms with Gasteiger partial charge in [0.25, 0.3) is 0 Å². The molecular formula is C23H31NO5. The Bertz CT molecular complexity index is 806. The molecule has 4 rings (SSSR count). The van der Waals surface area contributed by atoms with Gasteiger partial charge in [-0.15, -0.1) is 0 Å². The van der Waals surface area contributed by atoms with Gasteiger partial charge < -0.3 is 19.9 Å². The quantitative estimate of drug-likeness (QED) is 0.763. The SMILES string of the molecule is COCCC(=O)N[C@H]1C(C)(C)[C@@H]2C[C@@H]3[C@@H](c4cccc(C(=O)O)c4)OCCC31C2. The van der Waals surface area contributed by atoms with Crippen LogP contribution in [0, 0.1) is 22.7 Å². The first-order chi connectivity index (χ1) is 13.8. The Morgan fingerprint density at radius 2 is 2.14 bits per heavy atom. The van der Waals surface area contributed by atoms with Crippen LogP contribution in [0.15, 0.2) is 24.3 Å². The third-order valence-corrected chi connectivity index (χ3v) is 7.81. The maximum Gasteiger partial charge on any atom is 0.335 e. The number of nitrogens with one attached hydrogen (secondary N) is 1. The van der Waals surface area contributed by atoms with Gasteiger partial charge in [-0.05, 0) is 59.6 Å². The first-order valence-electron chi connectivity index (χ1n) is 10.5. The molecule has 158 valence electrons. The minimum Gasteiger partial charge on any atom is -0.478 e. The van der Waals surface area contributed by atoms with Crippen molar-refractivity contribution in [2.45, 2.75) is 51.7 Å². The van der Waals surface area contributed by atoms with Crippen molar-refractivity contribution in [3.63, 3.8) is 0 Å². The Kier molecular flexibility index (Phi) is 5.20. The number of hydrogen-bond donors (Lipinski definition) is 2. The second-order valence-corrected chi connectivity index (χ2v) is 9.51. The summed E-state index contributed by atoms with van der Waals surface area (Å²) >= 11 is 0. The average molecular weight is 402 g/mol. The summed E-state index contributed by atoms with van der Waals surface area (Å²) in [4.78, 5) is 24.0. The number of rotatable bonds is 6. The van der Waals surface area contributed by atoms with Gasteiger partial charge in [-0.25, -0.2) is 4.79 Å². The van der Waals surface area contributed by atoms with E-state index in [1.807, 2.05) is 6.07 Å². The second kappa shape index (κ2) is 7.40. The lowest BCUT2D eigenvalue weighted by molar-refractivity contribution is -0.137. The molecule has 1 aliphatic heterocycles. The van der Waals surface area contributed by atoms with Crippen molar-refractivity contribution < 1.29 is 24.2 Å². The monoisotopic (exact) mass is 401 g/mol.